The van der Waals surface area contributed by atoms with Crippen LogP contribution in [-0.4, -0.2) is 66.8 Å². The second-order valence-electron chi connectivity index (χ2n) is 11.1. The van der Waals surface area contributed by atoms with E-state index in [1.165, 1.54) is 17.9 Å². The average Bonchev–Trinajstić information content (AvgIpc) is 3.16. The summed E-state index contributed by atoms with van der Waals surface area (Å²) in [4.78, 5) is 40.5. The number of rotatable bonds is 5. The number of amides is 3. The Morgan fingerprint density at radius 2 is 1.90 bits per heavy atom. The third kappa shape index (κ3) is 6.96. The van der Waals surface area contributed by atoms with Crippen LogP contribution in [0.5, 0.6) is 0 Å². The van der Waals surface area contributed by atoms with Crippen molar-refractivity contribution in [2.24, 2.45) is 0 Å². The molecule has 1 fully saturated rings. The molecule has 0 bridgehead atoms. The molecule has 3 amide bonds. The number of nitriles is 1. The molecular weight excluding hydrogens is 515 g/mol. The highest BCUT2D eigenvalue weighted by atomic mass is 19.1. The SMILES string of the molecule is CC(=O)N1CCc2cc(-c3ccc(C[C@@H](C#N)NC(=O)C4CN(C(=O)OC(C)(C)C)CCCO4)c(F)c3)ccc21. The summed E-state index contributed by atoms with van der Waals surface area (Å²) < 4.78 is 26.2. The van der Waals surface area contributed by atoms with Crippen molar-refractivity contribution in [3.63, 3.8) is 0 Å². The van der Waals surface area contributed by atoms with Crippen LogP contribution in [0.15, 0.2) is 36.4 Å². The fourth-order valence-electron chi connectivity index (χ4n) is 4.89. The molecule has 1 saturated heterocycles. The van der Waals surface area contributed by atoms with Gasteiger partial charge in [-0.2, -0.15) is 5.26 Å². The Labute approximate surface area is 233 Å². The van der Waals surface area contributed by atoms with Gasteiger partial charge in [-0.3, -0.25) is 9.59 Å². The van der Waals surface area contributed by atoms with Crippen LogP contribution >= 0.6 is 0 Å². The van der Waals surface area contributed by atoms with Gasteiger partial charge in [-0.15, -0.1) is 0 Å². The quantitative estimate of drug-likeness (QED) is 0.603. The number of ether oxygens (including phenoxy) is 2. The molecule has 4 rings (SSSR count). The standard InChI is InChI=1S/C30H35FN4O5/c1-19(36)35-12-10-23-14-20(8-9-26(23)35)21-6-7-22(25(31)16-21)15-24(17-32)33-28(37)27-18-34(11-5-13-39-27)29(38)40-30(2,3)4/h6-9,14,16,24,27H,5,10-13,15,18H2,1-4H3,(H,33,37)/t24-,27?/m0/s1. The van der Waals surface area contributed by atoms with Crippen molar-refractivity contribution in [1.29, 1.82) is 5.26 Å². The Morgan fingerprint density at radius 3 is 2.58 bits per heavy atom. The first kappa shape index (κ1) is 29.0. The molecule has 0 spiro atoms. The molecule has 2 heterocycles. The molecule has 2 atom stereocenters. The van der Waals surface area contributed by atoms with E-state index in [4.69, 9.17) is 9.47 Å². The Morgan fingerprint density at radius 1 is 1.18 bits per heavy atom. The monoisotopic (exact) mass is 550 g/mol. The zero-order chi connectivity index (χ0) is 29.0. The van der Waals surface area contributed by atoms with Crippen molar-refractivity contribution in [2.75, 3.05) is 31.1 Å². The van der Waals surface area contributed by atoms with E-state index < -0.39 is 35.6 Å². The number of nitrogens with zero attached hydrogens (tertiary/aromatic N) is 3. The number of halogens is 1. The normalized spacial score (nSPS) is 17.9. The van der Waals surface area contributed by atoms with Crippen LogP contribution in [0.2, 0.25) is 0 Å². The van der Waals surface area contributed by atoms with E-state index in [1.54, 1.807) is 37.8 Å². The molecule has 2 aromatic rings. The minimum Gasteiger partial charge on any atom is -0.444 e. The van der Waals surface area contributed by atoms with Crippen LogP contribution in [0, 0.1) is 17.1 Å². The lowest BCUT2D eigenvalue weighted by atomic mass is 9.98. The van der Waals surface area contributed by atoms with Crippen LogP contribution in [0.25, 0.3) is 11.1 Å². The maximum atomic E-state index is 15.1. The van der Waals surface area contributed by atoms with Crippen molar-refractivity contribution in [3.05, 3.63) is 53.3 Å². The molecule has 9 nitrogen and oxygen atoms in total. The molecule has 2 aliphatic rings. The lowest BCUT2D eigenvalue weighted by Crippen LogP contribution is -2.48. The molecule has 0 radical (unpaired) electrons. The fraction of sp³-hybridized carbons (Fsp3) is 0.467. The molecule has 1 unspecified atom stereocenters. The topological polar surface area (TPSA) is 112 Å². The summed E-state index contributed by atoms with van der Waals surface area (Å²) in [7, 11) is 0. The second-order valence-corrected chi connectivity index (χ2v) is 11.1. The zero-order valence-corrected chi connectivity index (χ0v) is 23.3. The molecule has 40 heavy (non-hydrogen) atoms. The minimum atomic E-state index is -0.993. The summed E-state index contributed by atoms with van der Waals surface area (Å²) in [5, 5.41) is 12.3. The molecule has 2 aromatic carbocycles. The van der Waals surface area contributed by atoms with Gasteiger partial charge >= 0.3 is 6.09 Å². The number of hydrogen-bond acceptors (Lipinski definition) is 6. The predicted octanol–water partition coefficient (Wildman–Crippen LogP) is 3.98. The first-order chi connectivity index (χ1) is 18.9. The average molecular weight is 551 g/mol. The van der Waals surface area contributed by atoms with E-state index in [2.05, 4.69) is 5.32 Å². The van der Waals surface area contributed by atoms with Crippen molar-refractivity contribution >= 4 is 23.6 Å². The van der Waals surface area contributed by atoms with Crippen LogP contribution in [-0.2, 0) is 31.9 Å². The van der Waals surface area contributed by atoms with Gasteiger partial charge in [-0.1, -0.05) is 18.2 Å². The number of carbonyl (C=O) groups is 3. The lowest BCUT2D eigenvalue weighted by molar-refractivity contribution is -0.133. The molecule has 10 heteroatoms. The van der Waals surface area contributed by atoms with Gasteiger partial charge in [-0.25, -0.2) is 9.18 Å². The maximum Gasteiger partial charge on any atom is 0.410 e. The van der Waals surface area contributed by atoms with Gasteiger partial charge in [0.2, 0.25) is 5.91 Å². The number of anilines is 1. The van der Waals surface area contributed by atoms with Gasteiger partial charge in [0.1, 0.15) is 17.5 Å². The summed E-state index contributed by atoms with van der Waals surface area (Å²) in [6, 6.07) is 11.6. The first-order valence-electron chi connectivity index (χ1n) is 13.4. The van der Waals surface area contributed by atoms with Gasteiger partial charge in [-0.05, 0) is 74.1 Å². The zero-order valence-electron chi connectivity index (χ0n) is 23.3. The van der Waals surface area contributed by atoms with Crippen molar-refractivity contribution in [3.8, 4) is 17.2 Å². The van der Waals surface area contributed by atoms with Crippen molar-refractivity contribution in [2.45, 2.75) is 64.7 Å². The Hall–Kier alpha value is -3.97. The fourth-order valence-corrected chi connectivity index (χ4v) is 4.89. The second kappa shape index (κ2) is 12.0. The van der Waals surface area contributed by atoms with E-state index in [0.717, 1.165) is 23.2 Å². The van der Waals surface area contributed by atoms with Gasteiger partial charge < -0.3 is 24.6 Å². The van der Waals surface area contributed by atoms with Crippen LogP contribution in [0.3, 0.4) is 0 Å². The maximum absolute atomic E-state index is 15.1. The number of fused-ring (bicyclic) bond motifs is 1. The summed E-state index contributed by atoms with van der Waals surface area (Å²) in [6.45, 7) is 8.12. The largest absolute Gasteiger partial charge is 0.444 e. The molecule has 0 aromatic heterocycles. The molecule has 0 aliphatic carbocycles. The summed E-state index contributed by atoms with van der Waals surface area (Å²) >= 11 is 0. The van der Waals surface area contributed by atoms with E-state index in [-0.39, 0.29) is 31.0 Å². The Kier molecular flexibility index (Phi) is 8.74. The van der Waals surface area contributed by atoms with Crippen LogP contribution in [0.4, 0.5) is 14.9 Å². The Balaban J connectivity index is 1.40. The number of carbonyl (C=O) groups excluding carboxylic acids is 3. The summed E-state index contributed by atoms with van der Waals surface area (Å²) in [5.74, 6) is -1.04. The smallest absolute Gasteiger partial charge is 0.410 e. The van der Waals surface area contributed by atoms with Crippen LogP contribution < -0.4 is 10.2 Å². The van der Waals surface area contributed by atoms with Gasteiger partial charge in [0.05, 0.1) is 12.6 Å². The molecular formula is C30H35FN4O5. The number of nitrogens with one attached hydrogen (secondary N) is 1. The number of benzene rings is 2. The molecule has 2 aliphatic heterocycles. The lowest BCUT2D eigenvalue weighted by Gasteiger charge is -2.27. The van der Waals surface area contributed by atoms with E-state index in [1.807, 2.05) is 24.3 Å². The first-order valence-corrected chi connectivity index (χ1v) is 13.4. The highest BCUT2D eigenvalue weighted by molar-refractivity contribution is 5.94. The van der Waals surface area contributed by atoms with Crippen molar-refractivity contribution in [1.82, 2.24) is 10.2 Å². The highest BCUT2D eigenvalue weighted by Gasteiger charge is 2.31. The molecule has 1 N–H and O–H groups in total. The van der Waals surface area contributed by atoms with Gasteiger partial charge in [0.25, 0.3) is 5.91 Å². The van der Waals surface area contributed by atoms with Gasteiger partial charge in [0, 0.05) is 38.7 Å². The third-order valence-electron chi connectivity index (χ3n) is 6.86. The predicted molar refractivity (Wildman–Crippen MR) is 147 cm³/mol. The third-order valence-corrected chi connectivity index (χ3v) is 6.86. The number of hydrogen-bond donors (Lipinski definition) is 1. The van der Waals surface area contributed by atoms with Gasteiger partial charge in [0.15, 0.2) is 6.10 Å². The minimum absolute atomic E-state index is 0.00704. The van der Waals surface area contributed by atoms with Crippen molar-refractivity contribution < 1.29 is 28.2 Å². The molecule has 212 valence electrons. The molecule has 0 saturated carbocycles. The highest BCUT2D eigenvalue weighted by Crippen LogP contribution is 2.33. The Bertz CT molecular complexity index is 1330. The van der Waals surface area contributed by atoms with E-state index in [9.17, 15) is 19.6 Å². The van der Waals surface area contributed by atoms with E-state index in [0.29, 0.717) is 25.1 Å². The summed E-state index contributed by atoms with van der Waals surface area (Å²) in [5.41, 5.74) is 3.04. The van der Waals surface area contributed by atoms with E-state index >= 15 is 4.39 Å². The summed E-state index contributed by atoms with van der Waals surface area (Å²) in [6.07, 6.45) is -0.255. The van der Waals surface area contributed by atoms with Crippen LogP contribution in [0.1, 0.15) is 45.2 Å².